The molecule has 2 rings (SSSR count). The van der Waals surface area contributed by atoms with Gasteiger partial charge in [-0.15, -0.1) is 0 Å². The molecule has 2 aromatic carbocycles. The Balaban J connectivity index is 2.24. The summed E-state index contributed by atoms with van der Waals surface area (Å²) in [5.74, 6) is -0.484. The smallest absolute Gasteiger partial charge is 0.255 e. The third-order valence-electron chi connectivity index (χ3n) is 2.75. The molecule has 6 heteroatoms. The van der Waals surface area contributed by atoms with Crippen LogP contribution >= 0.6 is 15.9 Å². The Morgan fingerprint density at radius 1 is 1.33 bits per heavy atom. The standard InChI is InChI=1S/C15H14BrFN2O2/c1-2-21-14-8-10(17)4-6-13(14)19-15(20)9-3-5-11(16)12(18)7-9/h3-8H,2,18H2,1H3,(H,19,20). The number of amides is 1. The Bertz CT molecular complexity index is 677. The normalized spacial score (nSPS) is 10.2. The van der Waals surface area contributed by atoms with Gasteiger partial charge in [0, 0.05) is 21.8 Å². The second kappa shape index (κ2) is 6.58. The zero-order chi connectivity index (χ0) is 15.4. The Hall–Kier alpha value is -2.08. The number of rotatable bonds is 4. The van der Waals surface area contributed by atoms with Gasteiger partial charge in [0.05, 0.1) is 12.3 Å². The molecule has 0 bridgehead atoms. The lowest BCUT2D eigenvalue weighted by molar-refractivity contribution is 0.102. The molecule has 0 unspecified atom stereocenters. The maximum atomic E-state index is 13.2. The predicted molar refractivity (Wildman–Crippen MR) is 84.1 cm³/mol. The van der Waals surface area contributed by atoms with E-state index in [1.54, 1.807) is 25.1 Å². The molecule has 0 saturated heterocycles. The zero-order valence-corrected chi connectivity index (χ0v) is 12.9. The van der Waals surface area contributed by atoms with Gasteiger partial charge in [-0.25, -0.2) is 4.39 Å². The molecule has 21 heavy (non-hydrogen) atoms. The van der Waals surface area contributed by atoms with E-state index in [2.05, 4.69) is 21.2 Å². The first kappa shape index (κ1) is 15.3. The van der Waals surface area contributed by atoms with Crippen LogP contribution in [0.15, 0.2) is 40.9 Å². The van der Waals surface area contributed by atoms with Crippen molar-refractivity contribution in [3.63, 3.8) is 0 Å². The lowest BCUT2D eigenvalue weighted by Gasteiger charge is -2.12. The maximum absolute atomic E-state index is 13.2. The van der Waals surface area contributed by atoms with Crippen molar-refractivity contribution in [3.8, 4) is 5.75 Å². The number of nitrogens with one attached hydrogen (secondary N) is 1. The van der Waals surface area contributed by atoms with Crippen molar-refractivity contribution in [2.75, 3.05) is 17.7 Å². The number of halogens is 2. The first-order valence-corrected chi connectivity index (χ1v) is 7.09. The van der Waals surface area contributed by atoms with Crippen LogP contribution in [-0.2, 0) is 0 Å². The fourth-order valence-electron chi connectivity index (χ4n) is 1.75. The van der Waals surface area contributed by atoms with Crippen LogP contribution in [0.25, 0.3) is 0 Å². The average Bonchev–Trinajstić information content (AvgIpc) is 2.45. The highest BCUT2D eigenvalue weighted by Gasteiger charge is 2.12. The molecule has 0 spiro atoms. The van der Waals surface area contributed by atoms with E-state index in [0.29, 0.717) is 23.5 Å². The van der Waals surface area contributed by atoms with Crippen molar-refractivity contribution >= 4 is 33.2 Å². The highest BCUT2D eigenvalue weighted by atomic mass is 79.9. The summed E-state index contributed by atoms with van der Waals surface area (Å²) in [5.41, 5.74) is 7.02. The van der Waals surface area contributed by atoms with Crippen LogP contribution in [0.2, 0.25) is 0 Å². The van der Waals surface area contributed by atoms with Gasteiger partial charge in [0.25, 0.3) is 5.91 Å². The molecule has 0 saturated carbocycles. The number of carbonyl (C=O) groups excluding carboxylic acids is 1. The number of benzene rings is 2. The van der Waals surface area contributed by atoms with Crippen molar-refractivity contribution < 1.29 is 13.9 Å². The van der Waals surface area contributed by atoms with Gasteiger partial charge in [0.15, 0.2) is 0 Å². The first-order valence-electron chi connectivity index (χ1n) is 6.30. The lowest BCUT2D eigenvalue weighted by Crippen LogP contribution is -2.13. The average molecular weight is 353 g/mol. The van der Waals surface area contributed by atoms with Crippen molar-refractivity contribution in [2.24, 2.45) is 0 Å². The molecule has 0 fully saturated rings. The topological polar surface area (TPSA) is 64.3 Å². The maximum Gasteiger partial charge on any atom is 0.255 e. The Morgan fingerprint density at radius 3 is 2.76 bits per heavy atom. The van der Waals surface area contributed by atoms with Gasteiger partial charge in [-0.1, -0.05) is 0 Å². The molecule has 0 aromatic heterocycles. The second-order valence-corrected chi connectivity index (χ2v) is 5.12. The Labute approximate surface area is 130 Å². The van der Waals surface area contributed by atoms with Gasteiger partial charge < -0.3 is 15.8 Å². The van der Waals surface area contributed by atoms with Crippen molar-refractivity contribution in [3.05, 3.63) is 52.3 Å². The molecule has 2 aromatic rings. The summed E-state index contributed by atoms with van der Waals surface area (Å²) in [6.45, 7) is 2.16. The monoisotopic (exact) mass is 352 g/mol. The zero-order valence-electron chi connectivity index (χ0n) is 11.3. The lowest BCUT2D eigenvalue weighted by atomic mass is 10.2. The van der Waals surface area contributed by atoms with Crippen molar-refractivity contribution in [1.82, 2.24) is 0 Å². The molecule has 0 aliphatic rings. The number of hydrogen-bond donors (Lipinski definition) is 2. The Kier molecular flexibility index (Phi) is 4.80. The van der Waals surface area contributed by atoms with E-state index in [0.717, 1.165) is 4.47 Å². The molecule has 1 amide bonds. The molecule has 0 aliphatic carbocycles. The van der Waals surface area contributed by atoms with Crippen LogP contribution in [0.1, 0.15) is 17.3 Å². The SMILES string of the molecule is CCOc1cc(F)ccc1NC(=O)c1ccc(Br)c(N)c1. The van der Waals surface area contributed by atoms with Gasteiger partial charge in [0.1, 0.15) is 11.6 Å². The fourth-order valence-corrected chi connectivity index (χ4v) is 2.00. The first-order chi connectivity index (χ1) is 10.0. The third kappa shape index (κ3) is 3.72. The van der Waals surface area contributed by atoms with Crippen LogP contribution in [0.4, 0.5) is 15.8 Å². The molecule has 3 N–H and O–H groups in total. The van der Waals surface area contributed by atoms with E-state index < -0.39 is 5.82 Å². The molecular weight excluding hydrogens is 339 g/mol. The summed E-state index contributed by atoms with van der Waals surface area (Å²) in [5, 5.41) is 2.68. The highest BCUT2D eigenvalue weighted by molar-refractivity contribution is 9.10. The Morgan fingerprint density at radius 2 is 2.10 bits per heavy atom. The third-order valence-corrected chi connectivity index (χ3v) is 3.47. The minimum Gasteiger partial charge on any atom is -0.492 e. The van der Waals surface area contributed by atoms with Crippen LogP contribution < -0.4 is 15.8 Å². The number of hydrogen-bond acceptors (Lipinski definition) is 3. The van der Waals surface area contributed by atoms with Gasteiger partial charge in [-0.05, 0) is 53.2 Å². The van der Waals surface area contributed by atoms with E-state index in [1.165, 1.54) is 18.2 Å². The number of carbonyl (C=O) groups is 1. The van der Waals surface area contributed by atoms with E-state index in [9.17, 15) is 9.18 Å². The molecular formula is C15H14BrFN2O2. The molecule has 0 radical (unpaired) electrons. The molecule has 110 valence electrons. The minimum absolute atomic E-state index is 0.288. The van der Waals surface area contributed by atoms with Crippen molar-refractivity contribution in [1.29, 1.82) is 0 Å². The predicted octanol–water partition coefficient (Wildman–Crippen LogP) is 3.82. The van der Waals surface area contributed by atoms with Crippen molar-refractivity contribution in [2.45, 2.75) is 6.92 Å². The second-order valence-electron chi connectivity index (χ2n) is 4.26. The van der Waals surface area contributed by atoms with Gasteiger partial charge in [0.2, 0.25) is 0 Å². The molecule has 0 aliphatic heterocycles. The molecule has 4 nitrogen and oxygen atoms in total. The van der Waals surface area contributed by atoms with Crippen LogP contribution in [0.5, 0.6) is 5.75 Å². The number of nitrogen functional groups attached to an aromatic ring is 1. The fraction of sp³-hybridized carbons (Fsp3) is 0.133. The van der Waals surface area contributed by atoms with Crippen LogP contribution in [-0.4, -0.2) is 12.5 Å². The molecule has 0 atom stereocenters. The number of nitrogens with two attached hydrogens (primary N) is 1. The van der Waals surface area contributed by atoms with E-state index in [1.807, 2.05) is 0 Å². The number of anilines is 2. The van der Waals surface area contributed by atoms with E-state index in [4.69, 9.17) is 10.5 Å². The van der Waals surface area contributed by atoms with Gasteiger partial charge in [-0.2, -0.15) is 0 Å². The number of ether oxygens (including phenoxy) is 1. The largest absolute Gasteiger partial charge is 0.492 e. The summed E-state index contributed by atoms with van der Waals surface area (Å²) in [6, 6.07) is 8.84. The summed E-state index contributed by atoms with van der Waals surface area (Å²) in [4.78, 5) is 12.2. The van der Waals surface area contributed by atoms with Gasteiger partial charge in [-0.3, -0.25) is 4.79 Å². The summed E-state index contributed by atoms with van der Waals surface area (Å²) < 4.78 is 19.2. The van der Waals surface area contributed by atoms with E-state index >= 15 is 0 Å². The van der Waals surface area contributed by atoms with Crippen LogP contribution in [0.3, 0.4) is 0 Å². The molecule has 0 heterocycles. The van der Waals surface area contributed by atoms with Gasteiger partial charge >= 0.3 is 0 Å². The minimum atomic E-state index is -0.427. The quantitative estimate of drug-likeness (QED) is 0.822. The highest BCUT2D eigenvalue weighted by Crippen LogP contribution is 2.27. The van der Waals surface area contributed by atoms with Crippen LogP contribution in [0, 0.1) is 5.82 Å². The van der Waals surface area contributed by atoms with E-state index in [-0.39, 0.29) is 11.7 Å². The summed E-state index contributed by atoms with van der Waals surface area (Å²) in [6.07, 6.45) is 0. The summed E-state index contributed by atoms with van der Waals surface area (Å²) in [7, 11) is 0. The summed E-state index contributed by atoms with van der Waals surface area (Å²) >= 11 is 3.27.